The van der Waals surface area contributed by atoms with Gasteiger partial charge in [0.15, 0.2) is 11.5 Å². The first-order valence-corrected chi connectivity index (χ1v) is 10.5. The molecule has 32 heavy (non-hydrogen) atoms. The molecule has 2 aromatic carbocycles. The van der Waals surface area contributed by atoms with Crippen molar-refractivity contribution in [2.45, 2.75) is 26.6 Å². The molecule has 0 N–H and O–H groups in total. The van der Waals surface area contributed by atoms with Gasteiger partial charge in [-0.2, -0.15) is 0 Å². The molecule has 0 saturated carbocycles. The van der Waals surface area contributed by atoms with Gasteiger partial charge in [0.2, 0.25) is 5.91 Å². The van der Waals surface area contributed by atoms with Crippen molar-refractivity contribution in [3.63, 3.8) is 0 Å². The highest BCUT2D eigenvalue weighted by atomic mass is 19.1. The van der Waals surface area contributed by atoms with Gasteiger partial charge in [-0.1, -0.05) is 60.7 Å². The van der Waals surface area contributed by atoms with E-state index in [1.54, 1.807) is 4.90 Å². The van der Waals surface area contributed by atoms with Gasteiger partial charge in [0.05, 0.1) is 12.7 Å². The molecule has 0 fully saturated rings. The summed E-state index contributed by atoms with van der Waals surface area (Å²) in [6, 6.07) is 19.0. The van der Waals surface area contributed by atoms with E-state index in [1.165, 1.54) is 15.3 Å². The SMILES string of the molecule is CCN(Cc1ccccc1)C(=O)Cn1c(=O)n(CCF)c2cnc(-c3ccccc3)nc21. The predicted molar refractivity (Wildman–Crippen MR) is 121 cm³/mol. The van der Waals surface area contributed by atoms with Gasteiger partial charge in [-0.15, -0.1) is 0 Å². The van der Waals surface area contributed by atoms with E-state index in [-0.39, 0.29) is 19.0 Å². The number of fused-ring (bicyclic) bond motifs is 1. The smallest absolute Gasteiger partial charge is 0.330 e. The van der Waals surface area contributed by atoms with Gasteiger partial charge in [-0.25, -0.2) is 19.2 Å². The van der Waals surface area contributed by atoms with E-state index >= 15 is 0 Å². The summed E-state index contributed by atoms with van der Waals surface area (Å²) in [5.41, 5.74) is 2.05. The third-order valence-electron chi connectivity index (χ3n) is 5.34. The second kappa shape index (κ2) is 9.55. The molecule has 0 spiro atoms. The number of benzene rings is 2. The van der Waals surface area contributed by atoms with E-state index in [9.17, 15) is 14.0 Å². The Labute approximate surface area is 184 Å². The number of aryl methyl sites for hydroxylation is 1. The van der Waals surface area contributed by atoms with Crippen molar-refractivity contribution in [1.82, 2.24) is 24.0 Å². The fraction of sp³-hybridized carbons (Fsp3) is 0.250. The van der Waals surface area contributed by atoms with E-state index in [2.05, 4.69) is 9.97 Å². The van der Waals surface area contributed by atoms with Crippen LogP contribution in [0.15, 0.2) is 71.7 Å². The Kier molecular flexibility index (Phi) is 6.39. The molecule has 7 nitrogen and oxygen atoms in total. The van der Waals surface area contributed by atoms with Gasteiger partial charge in [0.25, 0.3) is 0 Å². The van der Waals surface area contributed by atoms with Crippen LogP contribution >= 0.6 is 0 Å². The Hall–Kier alpha value is -3.81. The molecular formula is C24H24FN5O2. The van der Waals surface area contributed by atoms with Gasteiger partial charge in [-0.05, 0) is 12.5 Å². The van der Waals surface area contributed by atoms with Crippen molar-refractivity contribution < 1.29 is 9.18 Å². The number of aromatic nitrogens is 4. The third kappa shape index (κ3) is 4.30. The quantitative estimate of drug-likeness (QED) is 0.428. The summed E-state index contributed by atoms with van der Waals surface area (Å²) in [5, 5.41) is 0. The van der Waals surface area contributed by atoms with Gasteiger partial charge in [-0.3, -0.25) is 13.9 Å². The van der Waals surface area contributed by atoms with Gasteiger partial charge in [0, 0.05) is 18.7 Å². The largest absolute Gasteiger partial charge is 0.337 e. The van der Waals surface area contributed by atoms with Crippen LogP contribution in [0.25, 0.3) is 22.6 Å². The number of alkyl halides is 1. The maximum atomic E-state index is 13.1. The topological polar surface area (TPSA) is 73.0 Å². The maximum absolute atomic E-state index is 13.1. The Bertz CT molecular complexity index is 1270. The van der Waals surface area contributed by atoms with Crippen LogP contribution in [0.1, 0.15) is 12.5 Å². The van der Waals surface area contributed by atoms with Crippen molar-refractivity contribution in [3.05, 3.63) is 82.9 Å². The second-order valence-corrected chi connectivity index (χ2v) is 7.37. The lowest BCUT2D eigenvalue weighted by Crippen LogP contribution is -2.36. The Morgan fingerprint density at radius 3 is 2.38 bits per heavy atom. The molecule has 2 heterocycles. The van der Waals surface area contributed by atoms with E-state index in [0.29, 0.717) is 30.1 Å². The number of likely N-dealkylation sites (N-methyl/N-ethyl adjacent to an activating group) is 1. The van der Waals surface area contributed by atoms with Crippen LogP contribution in [0.4, 0.5) is 4.39 Å². The normalized spacial score (nSPS) is 11.1. The summed E-state index contributed by atoms with van der Waals surface area (Å²) in [6.07, 6.45) is 1.52. The van der Waals surface area contributed by atoms with Crippen molar-refractivity contribution in [2.75, 3.05) is 13.2 Å². The molecule has 0 saturated heterocycles. The average molecular weight is 433 g/mol. The number of rotatable bonds is 8. The Morgan fingerprint density at radius 1 is 1.03 bits per heavy atom. The lowest BCUT2D eigenvalue weighted by molar-refractivity contribution is -0.132. The summed E-state index contributed by atoms with van der Waals surface area (Å²) < 4.78 is 15.7. The molecule has 4 aromatic rings. The van der Waals surface area contributed by atoms with E-state index in [0.717, 1.165) is 11.1 Å². The first-order valence-electron chi connectivity index (χ1n) is 10.5. The zero-order chi connectivity index (χ0) is 22.5. The molecule has 0 aliphatic rings. The van der Waals surface area contributed by atoms with Crippen LogP contribution in [0, 0.1) is 0 Å². The Balaban J connectivity index is 1.72. The number of halogens is 1. The van der Waals surface area contributed by atoms with Crippen molar-refractivity contribution in [2.24, 2.45) is 0 Å². The molecule has 0 aliphatic carbocycles. The second-order valence-electron chi connectivity index (χ2n) is 7.37. The van der Waals surface area contributed by atoms with Gasteiger partial charge in [0.1, 0.15) is 18.7 Å². The summed E-state index contributed by atoms with van der Waals surface area (Å²) in [5.74, 6) is 0.228. The molecule has 4 rings (SSSR count). The maximum Gasteiger partial charge on any atom is 0.330 e. The Morgan fingerprint density at radius 2 is 1.72 bits per heavy atom. The van der Waals surface area contributed by atoms with Crippen LogP contribution in [-0.2, 0) is 24.4 Å². The number of carbonyl (C=O) groups excluding carboxylic acids is 1. The summed E-state index contributed by atoms with van der Waals surface area (Å²) in [6.45, 7) is 1.83. The van der Waals surface area contributed by atoms with Crippen molar-refractivity contribution in [1.29, 1.82) is 0 Å². The number of amides is 1. The van der Waals surface area contributed by atoms with Crippen LogP contribution in [-0.4, -0.2) is 43.1 Å². The molecule has 2 aromatic heterocycles. The van der Waals surface area contributed by atoms with E-state index in [1.807, 2.05) is 67.6 Å². The lowest BCUT2D eigenvalue weighted by atomic mass is 10.2. The average Bonchev–Trinajstić information content (AvgIpc) is 3.09. The van der Waals surface area contributed by atoms with E-state index < -0.39 is 12.4 Å². The summed E-state index contributed by atoms with van der Waals surface area (Å²) >= 11 is 0. The fourth-order valence-electron chi connectivity index (χ4n) is 3.68. The number of imidazole rings is 1. The standard InChI is InChI=1S/C24H24FN5O2/c1-2-28(16-18-9-5-3-6-10-18)21(31)17-30-23-20(29(14-13-25)24(30)32)15-26-22(27-23)19-11-7-4-8-12-19/h3-12,15H,2,13-14,16-17H2,1H3. The summed E-state index contributed by atoms with van der Waals surface area (Å²) in [4.78, 5) is 36.8. The minimum atomic E-state index is -0.706. The minimum absolute atomic E-state index is 0.119. The molecule has 1 amide bonds. The number of hydrogen-bond donors (Lipinski definition) is 0. The molecule has 0 unspecified atom stereocenters. The van der Waals surface area contributed by atoms with Gasteiger partial charge < -0.3 is 4.90 Å². The number of carbonyl (C=O) groups is 1. The van der Waals surface area contributed by atoms with Crippen molar-refractivity contribution in [3.8, 4) is 11.4 Å². The number of nitrogens with zero attached hydrogens (tertiary/aromatic N) is 5. The number of hydrogen-bond acceptors (Lipinski definition) is 4. The van der Waals surface area contributed by atoms with Crippen LogP contribution < -0.4 is 5.69 Å². The molecule has 164 valence electrons. The fourth-order valence-corrected chi connectivity index (χ4v) is 3.68. The highest BCUT2D eigenvalue weighted by molar-refractivity contribution is 5.79. The molecule has 0 bridgehead atoms. The minimum Gasteiger partial charge on any atom is -0.337 e. The van der Waals surface area contributed by atoms with Gasteiger partial charge >= 0.3 is 5.69 Å². The first kappa shape index (κ1) is 21.4. The molecule has 0 aliphatic heterocycles. The third-order valence-corrected chi connectivity index (χ3v) is 5.34. The van der Waals surface area contributed by atoms with Crippen LogP contribution in [0.5, 0.6) is 0 Å². The predicted octanol–water partition coefficient (Wildman–Crippen LogP) is 3.28. The molecule has 8 heteroatoms. The first-order chi connectivity index (χ1) is 15.6. The zero-order valence-electron chi connectivity index (χ0n) is 17.8. The van der Waals surface area contributed by atoms with Crippen molar-refractivity contribution >= 4 is 17.1 Å². The van der Waals surface area contributed by atoms with Crippen LogP contribution in [0.3, 0.4) is 0 Å². The molecule has 0 radical (unpaired) electrons. The molecular weight excluding hydrogens is 409 g/mol. The monoisotopic (exact) mass is 433 g/mol. The zero-order valence-corrected chi connectivity index (χ0v) is 17.8. The highest BCUT2D eigenvalue weighted by Crippen LogP contribution is 2.18. The highest BCUT2D eigenvalue weighted by Gasteiger charge is 2.21. The van der Waals surface area contributed by atoms with E-state index in [4.69, 9.17) is 0 Å². The summed E-state index contributed by atoms with van der Waals surface area (Å²) in [7, 11) is 0. The van der Waals surface area contributed by atoms with Crippen LogP contribution in [0.2, 0.25) is 0 Å². The molecule has 0 atom stereocenters. The lowest BCUT2D eigenvalue weighted by Gasteiger charge is -2.21.